The molecule has 1 atom stereocenters. The van der Waals surface area contributed by atoms with Crippen molar-refractivity contribution in [1.29, 1.82) is 0 Å². The summed E-state index contributed by atoms with van der Waals surface area (Å²) in [5.41, 5.74) is 10.7. The molecule has 0 saturated heterocycles. The van der Waals surface area contributed by atoms with Crippen molar-refractivity contribution in [1.82, 2.24) is 0 Å². The van der Waals surface area contributed by atoms with Gasteiger partial charge in [0, 0.05) is 15.7 Å². The Labute approximate surface area is 131 Å². The summed E-state index contributed by atoms with van der Waals surface area (Å²) in [6, 6.07) is 2.60. The minimum atomic E-state index is -3.58. The van der Waals surface area contributed by atoms with Crippen LogP contribution in [-0.4, -0.2) is 24.8 Å². The van der Waals surface area contributed by atoms with Gasteiger partial charge in [0.2, 0.25) is 0 Å². The summed E-state index contributed by atoms with van der Waals surface area (Å²) in [4.78, 5) is 4.27. The maximum absolute atomic E-state index is 14.2. The lowest BCUT2D eigenvalue weighted by atomic mass is 9.93. The molecule has 0 aliphatic carbocycles. The van der Waals surface area contributed by atoms with E-state index in [1.165, 1.54) is 26.0 Å². The highest BCUT2D eigenvalue weighted by molar-refractivity contribution is 9.10. The van der Waals surface area contributed by atoms with E-state index in [0.29, 0.717) is 10.2 Å². The molecule has 8 heteroatoms. The molecule has 1 aromatic rings. The molecular weight excluding hydrogens is 361 g/mol. The van der Waals surface area contributed by atoms with E-state index in [1.54, 1.807) is 6.92 Å². The molecule has 0 saturated carbocycles. The summed E-state index contributed by atoms with van der Waals surface area (Å²) in [5, 5.41) is 0. The van der Waals surface area contributed by atoms with Crippen LogP contribution in [0.4, 0.5) is 10.1 Å². The van der Waals surface area contributed by atoms with Gasteiger partial charge in [0.25, 0.3) is 0 Å². The first-order chi connectivity index (χ1) is 9.41. The monoisotopic (exact) mass is 377 g/mol. The molecule has 21 heavy (non-hydrogen) atoms. The van der Waals surface area contributed by atoms with Crippen molar-refractivity contribution in [3.05, 3.63) is 28.0 Å². The van der Waals surface area contributed by atoms with Crippen LogP contribution < -0.4 is 11.5 Å². The maximum Gasteiger partial charge on any atom is 0.165 e. The smallest absolute Gasteiger partial charge is 0.165 e. The number of hydrogen-bond donors (Lipinski definition) is 2. The van der Waals surface area contributed by atoms with Gasteiger partial charge in [0.1, 0.15) is 21.9 Å². The molecule has 0 aromatic heterocycles. The van der Waals surface area contributed by atoms with Gasteiger partial charge in [-0.1, -0.05) is 0 Å². The Balaban J connectivity index is 2.70. The van der Waals surface area contributed by atoms with Gasteiger partial charge in [-0.15, -0.1) is 0 Å². The summed E-state index contributed by atoms with van der Waals surface area (Å²) in [7, 11) is -3.58. The van der Waals surface area contributed by atoms with Gasteiger partial charge in [0.05, 0.1) is 5.75 Å². The van der Waals surface area contributed by atoms with Crippen molar-refractivity contribution in [3.8, 4) is 0 Å². The Kier molecular flexibility index (Phi) is 3.61. The number of hydrogen-bond acceptors (Lipinski definition) is 5. The number of sulfone groups is 1. The number of rotatable bonds is 1. The second-order valence-corrected chi connectivity index (χ2v) is 9.29. The first-order valence-electron chi connectivity index (χ1n) is 6.24. The Morgan fingerprint density at radius 1 is 1.29 bits per heavy atom. The molecule has 5 nitrogen and oxygen atoms in total. The first-order valence-corrected chi connectivity index (χ1v) is 8.68. The van der Waals surface area contributed by atoms with E-state index in [-0.39, 0.29) is 17.2 Å². The normalized spacial score (nSPS) is 27.2. The van der Waals surface area contributed by atoms with Crippen molar-refractivity contribution in [3.63, 3.8) is 0 Å². The molecular formula is C13H17BrFN3O2S. The zero-order chi connectivity index (χ0) is 16.2. The quantitative estimate of drug-likeness (QED) is 0.730. The standard InChI is InChI=1S/C13H17BrFN3O2S/c1-12(2)11(17)18-13(3,6-21(12,19)20)7-4-10(16)8(14)5-9(7)15/h4-5H,6,16H2,1-3H3,(H2,17,18). The lowest BCUT2D eigenvalue weighted by Crippen LogP contribution is -2.55. The number of anilines is 1. The van der Waals surface area contributed by atoms with E-state index in [1.807, 2.05) is 0 Å². The molecule has 0 bridgehead atoms. The summed E-state index contributed by atoms with van der Waals surface area (Å²) < 4.78 is 38.3. The van der Waals surface area contributed by atoms with Crippen molar-refractivity contribution < 1.29 is 12.8 Å². The third kappa shape index (κ3) is 2.44. The van der Waals surface area contributed by atoms with Gasteiger partial charge < -0.3 is 11.5 Å². The van der Waals surface area contributed by atoms with Crippen molar-refractivity contribution >= 4 is 37.3 Å². The molecule has 1 aromatic carbocycles. The van der Waals surface area contributed by atoms with Gasteiger partial charge in [-0.3, -0.25) is 4.99 Å². The van der Waals surface area contributed by atoms with Crippen molar-refractivity contribution in [2.45, 2.75) is 31.1 Å². The lowest BCUT2D eigenvalue weighted by Gasteiger charge is -2.38. The maximum atomic E-state index is 14.2. The number of nitrogens with two attached hydrogens (primary N) is 2. The van der Waals surface area contributed by atoms with Crippen LogP contribution in [0.5, 0.6) is 0 Å². The summed E-state index contributed by atoms with van der Waals surface area (Å²) in [5.74, 6) is -0.937. The molecule has 2 rings (SSSR count). The highest BCUT2D eigenvalue weighted by Crippen LogP contribution is 2.39. The number of aliphatic imine (C=N–C) groups is 1. The van der Waals surface area contributed by atoms with Gasteiger partial charge in [-0.2, -0.15) is 0 Å². The van der Waals surface area contributed by atoms with Crippen LogP contribution in [0.2, 0.25) is 0 Å². The van der Waals surface area contributed by atoms with Crippen molar-refractivity contribution in [2.75, 3.05) is 11.5 Å². The van der Waals surface area contributed by atoms with Crippen LogP contribution in [0.25, 0.3) is 0 Å². The van der Waals surface area contributed by atoms with E-state index in [0.717, 1.165) is 0 Å². The molecule has 1 unspecified atom stereocenters. The van der Waals surface area contributed by atoms with Gasteiger partial charge in [0.15, 0.2) is 9.84 Å². The predicted molar refractivity (Wildman–Crippen MR) is 85.4 cm³/mol. The fourth-order valence-corrected chi connectivity index (χ4v) is 4.26. The second kappa shape index (κ2) is 4.67. The van der Waals surface area contributed by atoms with Crippen LogP contribution in [0.3, 0.4) is 0 Å². The number of amidine groups is 1. The third-order valence-corrected chi connectivity index (χ3v) is 7.29. The number of benzene rings is 1. The van der Waals surface area contributed by atoms with E-state index >= 15 is 0 Å². The molecule has 0 amide bonds. The minimum absolute atomic E-state index is 0.0304. The van der Waals surface area contributed by atoms with E-state index < -0.39 is 25.9 Å². The van der Waals surface area contributed by atoms with E-state index in [4.69, 9.17) is 11.5 Å². The summed E-state index contributed by atoms with van der Waals surface area (Å²) in [6.45, 7) is 4.53. The molecule has 0 spiro atoms. The zero-order valence-electron chi connectivity index (χ0n) is 11.9. The SMILES string of the molecule is CC1(c2cc(N)c(Br)cc2F)CS(=O)(=O)C(C)(C)C(N)=N1. The first kappa shape index (κ1) is 16.2. The van der Waals surface area contributed by atoms with Gasteiger partial charge >= 0.3 is 0 Å². The van der Waals surface area contributed by atoms with Gasteiger partial charge in [-0.25, -0.2) is 12.8 Å². The topological polar surface area (TPSA) is 98.5 Å². The summed E-state index contributed by atoms with van der Waals surface area (Å²) in [6.07, 6.45) is 0. The summed E-state index contributed by atoms with van der Waals surface area (Å²) >= 11 is 3.13. The largest absolute Gasteiger partial charge is 0.398 e. The minimum Gasteiger partial charge on any atom is -0.398 e. The second-order valence-electron chi connectivity index (χ2n) is 5.89. The van der Waals surface area contributed by atoms with Gasteiger partial charge in [-0.05, 0) is 48.8 Å². The molecule has 1 aliphatic rings. The van der Waals surface area contributed by atoms with Crippen LogP contribution in [0.15, 0.2) is 21.6 Å². The highest BCUT2D eigenvalue weighted by atomic mass is 79.9. The fourth-order valence-electron chi connectivity index (χ4n) is 2.26. The Hall–Kier alpha value is -1.15. The van der Waals surface area contributed by atoms with E-state index in [9.17, 15) is 12.8 Å². The molecule has 0 fully saturated rings. The lowest BCUT2D eigenvalue weighted by molar-refractivity contribution is 0.475. The fraction of sp³-hybridized carbons (Fsp3) is 0.462. The Morgan fingerprint density at radius 2 is 1.86 bits per heavy atom. The predicted octanol–water partition coefficient (Wildman–Crippen LogP) is 1.95. The molecule has 116 valence electrons. The number of nitrogens with zero attached hydrogens (tertiary/aromatic N) is 1. The third-order valence-electron chi connectivity index (χ3n) is 3.90. The van der Waals surface area contributed by atoms with Crippen molar-refractivity contribution in [2.24, 2.45) is 10.7 Å². The Morgan fingerprint density at radius 3 is 2.38 bits per heavy atom. The van der Waals surface area contributed by atoms with Crippen LogP contribution in [-0.2, 0) is 15.4 Å². The average molecular weight is 378 g/mol. The molecule has 1 heterocycles. The molecule has 1 aliphatic heterocycles. The van der Waals surface area contributed by atoms with E-state index in [2.05, 4.69) is 20.9 Å². The Bertz CT molecular complexity index is 746. The van der Waals surface area contributed by atoms with Crippen LogP contribution in [0, 0.1) is 5.82 Å². The average Bonchev–Trinajstić information content (AvgIpc) is 2.31. The highest BCUT2D eigenvalue weighted by Gasteiger charge is 2.49. The molecule has 0 radical (unpaired) electrons. The number of halogens is 2. The number of nitrogen functional groups attached to an aromatic ring is 1. The zero-order valence-corrected chi connectivity index (χ0v) is 14.3. The van der Waals surface area contributed by atoms with Crippen LogP contribution in [0.1, 0.15) is 26.3 Å². The van der Waals surface area contributed by atoms with Crippen LogP contribution >= 0.6 is 15.9 Å². The molecule has 4 N–H and O–H groups in total.